The molecular formula is C21H44BrN. The smallest absolute Gasteiger partial charge is 0.0137 e. The third-order valence-electron chi connectivity index (χ3n) is 4.36. The number of hydrogen-bond acceptors (Lipinski definition) is 1. The van der Waals surface area contributed by atoms with Gasteiger partial charge in [0.2, 0.25) is 0 Å². The average Bonchev–Trinajstić information content (AvgIpc) is 2.50. The van der Waals surface area contributed by atoms with E-state index in [1.807, 2.05) is 0 Å². The summed E-state index contributed by atoms with van der Waals surface area (Å²) >= 11 is 0. The minimum absolute atomic E-state index is 0. The van der Waals surface area contributed by atoms with Gasteiger partial charge in [-0.3, -0.25) is 0 Å². The summed E-state index contributed by atoms with van der Waals surface area (Å²) in [5.41, 5.74) is 1.41. The summed E-state index contributed by atoms with van der Waals surface area (Å²) in [5, 5.41) is 3.48. The SMILES string of the molecule is Br.CCCCCCCCCCCCCCCCNCC=C(C)C. The summed E-state index contributed by atoms with van der Waals surface area (Å²) in [7, 11) is 0. The molecule has 0 atom stereocenters. The van der Waals surface area contributed by atoms with Crippen LogP contribution in [0.15, 0.2) is 11.6 Å². The zero-order valence-corrected chi connectivity index (χ0v) is 18.0. The second kappa shape index (κ2) is 22.2. The molecule has 23 heavy (non-hydrogen) atoms. The van der Waals surface area contributed by atoms with Crippen LogP contribution in [0.3, 0.4) is 0 Å². The fourth-order valence-corrected chi connectivity index (χ4v) is 2.82. The molecule has 1 N–H and O–H groups in total. The van der Waals surface area contributed by atoms with Crippen LogP contribution in [0, 0.1) is 0 Å². The largest absolute Gasteiger partial charge is 0.313 e. The van der Waals surface area contributed by atoms with Gasteiger partial charge in [-0.25, -0.2) is 0 Å². The molecule has 0 fully saturated rings. The zero-order valence-electron chi connectivity index (χ0n) is 16.3. The first-order chi connectivity index (χ1) is 10.8. The Hall–Kier alpha value is 0.180. The van der Waals surface area contributed by atoms with Crippen LogP contribution in [0.2, 0.25) is 0 Å². The van der Waals surface area contributed by atoms with Crippen molar-refractivity contribution in [2.45, 2.75) is 111 Å². The van der Waals surface area contributed by atoms with Crippen molar-refractivity contribution in [1.82, 2.24) is 5.32 Å². The molecular weight excluding hydrogens is 346 g/mol. The van der Waals surface area contributed by atoms with E-state index in [1.54, 1.807) is 0 Å². The van der Waals surface area contributed by atoms with Gasteiger partial charge in [0.15, 0.2) is 0 Å². The monoisotopic (exact) mass is 389 g/mol. The molecule has 0 aliphatic rings. The van der Waals surface area contributed by atoms with Crippen LogP contribution in [-0.4, -0.2) is 13.1 Å². The molecule has 0 amide bonds. The van der Waals surface area contributed by atoms with Gasteiger partial charge in [-0.15, -0.1) is 17.0 Å². The van der Waals surface area contributed by atoms with Gasteiger partial charge in [0, 0.05) is 6.54 Å². The maximum atomic E-state index is 3.48. The molecule has 0 unspecified atom stereocenters. The summed E-state index contributed by atoms with van der Waals surface area (Å²) < 4.78 is 0. The van der Waals surface area contributed by atoms with E-state index in [0.29, 0.717) is 0 Å². The number of halogens is 1. The Bertz CT molecular complexity index is 234. The van der Waals surface area contributed by atoms with Crippen LogP contribution in [0.5, 0.6) is 0 Å². The molecule has 0 aliphatic carbocycles. The lowest BCUT2D eigenvalue weighted by Crippen LogP contribution is -2.15. The summed E-state index contributed by atoms with van der Waals surface area (Å²) in [6.07, 6.45) is 22.4. The Kier molecular flexibility index (Phi) is 24.5. The molecule has 0 radical (unpaired) electrons. The summed E-state index contributed by atoms with van der Waals surface area (Å²) in [6, 6.07) is 0. The fourth-order valence-electron chi connectivity index (χ4n) is 2.82. The third-order valence-corrected chi connectivity index (χ3v) is 4.36. The van der Waals surface area contributed by atoms with Crippen molar-refractivity contribution in [2.75, 3.05) is 13.1 Å². The topological polar surface area (TPSA) is 12.0 Å². The molecule has 0 rings (SSSR count). The van der Waals surface area contributed by atoms with Crippen molar-refractivity contribution in [2.24, 2.45) is 0 Å². The van der Waals surface area contributed by atoms with E-state index in [-0.39, 0.29) is 17.0 Å². The normalized spacial score (nSPS) is 10.4. The maximum Gasteiger partial charge on any atom is 0.0137 e. The average molecular weight is 390 g/mol. The van der Waals surface area contributed by atoms with Gasteiger partial charge in [0.05, 0.1) is 0 Å². The zero-order chi connectivity index (χ0) is 16.3. The Morgan fingerprint density at radius 3 is 1.43 bits per heavy atom. The van der Waals surface area contributed by atoms with Crippen molar-refractivity contribution >= 4 is 17.0 Å². The maximum absolute atomic E-state index is 3.48. The molecule has 140 valence electrons. The standard InChI is InChI=1S/C21H43N.BrH/c1-4-5-6-7-8-9-10-11-12-13-14-15-16-17-19-22-20-18-21(2)3;/h18,22H,4-17,19-20H2,1-3H3;1H. The van der Waals surface area contributed by atoms with Gasteiger partial charge in [-0.1, -0.05) is 102 Å². The number of rotatable bonds is 17. The highest BCUT2D eigenvalue weighted by atomic mass is 79.9. The Balaban J connectivity index is 0. The summed E-state index contributed by atoms with van der Waals surface area (Å²) in [5.74, 6) is 0. The summed E-state index contributed by atoms with van der Waals surface area (Å²) in [4.78, 5) is 0. The number of unbranched alkanes of at least 4 members (excludes halogenated alkanes) is 13. The predicted molar refractivity (Wildman–Crippen MR) is 113 cm³/mol. The van der Waals surface area contributed by atoms with Crippen LogP contribution >= 0.6 is 17.0 Å². The molecule has 0 aliphatic heterocycles. The number of hydrogen-bond donors (Lipinski definition) is 1. The molecule has 0 bridgehead atoms. The van der Waals surface area contributed by atoms with Crippen molar-refractivity contribution < 1.29 is 0 Å². The number of nitrogens with one attached hydrogen (secondary N) is 1. The first kappa shape index (κ1) is 25.4. The van der Waals surface area contributed by atoms with Crippen LogP contribution in [-0.2, 0) is 0 Å². The minimum atomic E-state index is 0. The van der Waals surface area contributed by atoms with E-state index >= 15 is 0 Å². The van der Waals surface area contributed by atoms with Gasteiger partial charge in [-0.05, 0) is 26.8 Å². The molecule has 0 aromatic heterocycles. The lowest BCUT2D eigenvalue weighted by atomic mass is 10.0. The molecule has 0 saturated heterocycles. The van der Waals surface area contributed by atoms with Gasteiger partial charge in [-0.2, -0.15) is 0 Å². The molecule has 1 nitrogen and oxygen atoms in total. The third kappa shape index (κ3) is 24.6. The molecule has 2 heteroatoms. The first-order valence-electron chi connectivity index (χ1n) is 10.1. The quantitative estimate of drug-likeness (QED) is 0.199. The van der Waals surface area contributed by atoms with Gasteiger partial charge < -0.3 is 5.32 Å². The molecule has 0 aromatic carbocycles. The van der Waals surface area contributed by atoms with Crippen LogP contribution < -0.4 is 5.32 Å². The number of allylic oxidation sites excluding steroid dienone is 1. The lowest BCUT2D eigenvalue weighted by molar-refractivity contribution is 0.532. The Labute approximate surface area is 157 Å². The second-order valence-electron chi connectivity index (χ2n) is 7.08. The summed E-state index contributed by atoms with van der Waals surface area (Å²) in [6.45, 7) is 8.84. The van der Waals surface area contributed by atoms with Gasteiger partial charge in [0.1, 0.15) is 0 Å². The molecule has 0 aromatic rings. The van der Waals surface area contributed by atoms with E-state index in [4.69, 9.17) is 0 Å². The van der Waals surface area contributed by atoms with E-state index in [2.05, 4.69) is 32.2 Å². The Morgan fingerprint density at radius 2 is 1.04 bits per heavy atom. The highest BCUT2D eigenvalue weighted by Crippen LogP contribution is 2.12. The van der Waals surface area contributed by atoms with Crippen molar-refractivity contribution in [3.05, 3.63) is 11.6 Å². The molecule has 0 spiro atoms. The highest BCUT2D eigenvalue weighted by Gasteiger charge is 1.94. The van der Waals surface area contributed by atoms with Crippen molar-refractivity contribution in [3.63, 3.8) is 0 Å². The van der Waals surface area contributed by atoms with Crippen LogP contribution in [0.25, 0.3) is 0 Å². The van der Waals surface area contributed by atoms with Crippen molar-refractivity contribution in [3.8, 4) is 0 Å². The van der Waals surface area contributed by atoms with Gasteiger partial charge in [0.25, 0.3) is 0 Å². The predicted octanol–water partition coefficient (Wildman–Crippen LogP) is 7.60. The van der Waals surface area contributed by atoms with Gasteiger partial charge >= 0.3 is 0 Å². The molecule has 0 saturated carbocycles. The highest BCUT2D eigenvalue weighted by molar-refractivity contribution is 8.93. The Morgan fingerprint density at radius 1 is 0.652 bits per heavy atom. The lowest BCUT2D eigenvalue weighted by Gasteiger charge is -2.04. The van der Waals surface area contributed by atoms with E-state index in [0.717, 1.165) is 6.54 Å². The first-order valence-corrected chi connectivity index (χ1v) is 10.1. The fraction of sp³-hybridized carbons (Fsp3) is 0.905. The van der Waals surface area contributed by atoms with Crippen LogP contribution in [0.1, 0.15) is 111 Å². The molecule has 0 heterocycles. The minimum Gasteiger partial charge on any atom is -0.313 e. The second-order valence-corrected chi connectivity index (χ2v) is 7.08. The van der Waals surface area contributed by atoms with E-state index in [9.17, 15) is 0 Å². The van der Waals surface area contributed by atoms with Crippen LogP contribution in [0.4, 0.5) is 0 Å². The van der Waals surface area contributed by atoms with E-state index in [1.165, 1.54) is 102 Å². The van der Waals surface area contributed by atoms with Crippen molar-refractivity contribution in [1.29, 1.82) is 0 Å². The van der Waals surface area contributed by atoms with E-state index < -0.39 is 0 Å².